The molecule has 1 aliphatic rings. The Morgan fingerprint density at radius 1 is 1.17 bits per heavy atom. The van der Waals surface area contributed by atoms with Gasteiger partial charge in [0.1, 0.15) is 17.2 Å². The van der Waals surface area contributed by atoms with Crippen molar-refractivity contribution < 1.29 is 22.6 Å². The fourth-order valence-corrected chi connectivity index (χ4v) is 4.39. The summed E-state index contributed by atoms with van der Waals surface area (Å²) in [6.45, 7) is 3.80. The Bertz CT molecular complexity index is 1350. The van der Waals surface area contributed by atoms with E-state index in [9.17, 15) is 19.1 Å². The van der Waals surface area contributed by atoms with Crippen LogP contribution < -0.4 is 10.6 Å². The normalized spacial score (nSPS) is 15.9. The third kappa shape index (κ3) is 5.28. The van der Waals surface area contributed by atoms with Gasteiger partial charge in [0, 0.05) is 22.0 Å². The quantitative estimate of drug-likeness (QED) is 0.484. The first kappa shape index (κ1) is 24.6. The van der Waals surface area contributed by atoms with Gasteiger partial charge in [0.2, 0.25) is 11.7 Å². The Hall–Kier alpha value is -3.51. The smallest absolute Gasteiger partial charge is 0.290 e. The molecule has 0 spiro atoms. The van der Waals surface area contributed by atoms with Gasteiger partial charge in [-0.1, -0.05) is 32.0 Å². The standard InChI is InChI=1S/C26H26FN3O4S/c1-15(2)12-20(24(31)30-26(14-28)10-11-26)29-25(32)23-22(27)19-9-6-17(13-21(19)34-23)16-4-7-18(8-5-16)35(3)33/h4-9,13,15,20H,10-12H2,1-3H3,(H,29,32)(H,30,31)/t20-,35?/m0/s1. The molecule has 2 N–H and O–H groups in total. The van der Waals surface area contributed by atoms with E-state index in [1.54, 1.807) is 30.5 Å². The van der Waals surface area contributed by atoms with Crippen LogP contribution in [0.15, 0.2) is 51.8 Å². The highest BCUT2D eigenvalue weighted by molar-refractivity contribution is 7.84. The molecule has 0 bridgehead atoms. The first-order valence-electron chi connectivity index (χ1n) is 11.3. The van der Waals surface area contributed by atoms with Crippen LogP contribution in [0.25, 0.3) is 22.1 Å². The molecule has 2 aromatic carbocycles. The first-order valence-corrected chi connectivity index (χ1v) is 12.9. The summed E-state index contributed by atoms with van der Waals surface area (Å²) in [5.74, 6) is -2.54. The molecule has 1 aliphatic carbocycles. The zero-order valence-corrected chi connectivity index (χ0v) is 20.5. The summed E-state index contributed by atoms with van der Waals surface area (Å²) < 4.78 is 32.3. The minimum Gasteiger partial charge on any atom is -0.448 e. The molecular weight excluding hydrogens is 469 g/mol. The number of benzene rings is 2. The van der Waals surface area contributed by atoms with Crippen LogP contribution >= 0.6 is 0 Å². The molecule has 1 aromatic heterocycles. The second-order valence-corrected chi connectivity index (χ2v) is 10.7. The molecule has 9 heteroatoms. The third-order valence-corrected chi connectivity index (χ3v) is 6.95. The van der Waals surface area contributed by atoms with Crippen molar-refractivity contribution in [1.29, 1.82) is 5.26 Å². The molecule has 2 amide bonds. The van der Waals surface area contributed by atoms with Crippen LogP contribution in [0, 0.1) is 23.1 Å². The molecule has 3 aromatic rings. The molecule has 2 atom stereocenters. The maximum absolute atomic E-state index is 15.1. The van der Waals surface area contributed by atoms with Gasteiger partial charge in [-0.2, -0.15) is 5.26 Å². The molecule has 4 rings (SSSR count). The van der Waals surface area contributed by atoms with Gasteiger partial charge >= 0.3 is 0 Å². The first-order chi connectivity index (χ1) is 16.6. The van der Waals surface area contributed by atoms with Gasteiger partial charge in [-0.3, -0.25) is 13.8 Å². The van der Waals surface area contributed by atoms with E-state index in [4.69, 9.17) is 4.42 Å². The predicted molar refractivity (Wildman–Crippen MR) is 130 cm³/mol. The van der Waals surface area contributed by atoms with Crippen molar-refractivity contribution in [2.24, 2.45) is 5.92 Å². The molecule has 1 heterocycles. The van der Waals surface area contributed by atoms with E-state index in [2.05, 4.69) is 16.7 Å². The highest BCUT2D eigenvalue weighted by Gasteiger charge is 2.45. The zero-order valence-electron chi connectivity index (χ0n) is 19.7. The number of carbonyl (C=O) groups excluding carboxylic acids is 2. The maximum atomic E-state index is 15.1. The lowest BCUT2D eigenvalue weighted by molar-refractivity contribution is -0.123. The second-order valence-electron chi connectivity index (χ2n) is 9.27. The molecule has 1 unspecified atom stereocenters. The number of fused-ring (bicyclic) bond motifs is 1. The number of nitrogens with one attached hydrogen (secondary N) is 2. The second kappa shape index (κ2) is 9.62. The van der Waals surface area contributed by atoms with E-state index in [1.165, 1.54) is 6.07 Å². The number of hydrogen-bond donors (Lipinski definition) is 2. The lowest BCUT2D eigenvalue weighted by atomic mass is 10.0. The molecular formula is C26H26FN3O4S. The highest BCUT2D eigenvalue weighted by Crippen LogP contribution is 2.34. The Kier molecular flexibility index (Phi) is 6.77. The van der Waals surface area contributed by atoms with Crippen molar-refractivity contribution in [3.05, 3.63) is 54.0 Å². The topological polar surface area (TPSA) is 112 Å². The maximum Gasteiger partial charge on any atom is 0.290 e. The summed E-state index contributed by atoms with van der Waals surface area (Å²) in [6, 6.07) is 13.2. The van der Waals surface area contributed by atoms with Gasteiger partial charge in [0.25, 0.3) is 5.91 Å². The van der Waals surface area contributed by atoms with E-state index in [0.717, 1.165) is 11.1 Å². The zero-order chi connectivity index (χ0) is 25.3. The molecule has 35 heavy (non-hydrogen) atoms. The monoisotopic (exact) mass is 495 g/mol. The summed E-state index contributed by atoms with van der Waals surface area (Å²) >= 11 is 0. The van der Waals surface area contributed by atoms with E-state index in [1.807, 2.05) is 26.0 Å². The van der Waals surface area contributed by atoms with Crippen molar-refractivity contribution in [3.63, 3.8) is 0 Å². The molecule has 182 valence electrons. The molecule has 1 saturated carbocycles. The van der Waals surface area contributed by atoms with Crippen LogP contribution in [0.2, 0.25) is 0 Å². The van der Waals surface area contributed by atoms with Crippen LogP contribution in [0.4, 0.5) is 4.39 Å². The van der Waals surface area contributed by atoms with E-state index >= 15 is 4.39 Å². The van der Waals surface area contributed by atoms with Gasteiger partial charge in [-0.25, -0.2) is 4.39 Å². The van der Waals surface area contributed by atoms with Crippen LogP contribution in [0.1, 0.15) is 43.7 Å². The lowest BCUT2D eigenvalue weighted by Gasteiger charge is -2.21. The van der Waals surface area contributed by atoms with Gasteiger partial charge in [0.05, 0.1) is 11.5 Å². The average Bonchev–Trinajstić information content (AvgIpc) is 3.53. The van der Waals surface area contributed by atoms with E-state index < -0.39 is 45.8 Å². The van der Waals surface area contributed by atoms with E-state index in [0.29, 0.717) is 24.2 Å². The molecule has 1 fully saturated rings. The lowest BCUT2D eigenvalue weighted by Crippen LogP contribution is -2.50. The SMILES string of the molecule is CC(C)C[C@H](NC(=O)c1oc2cc(-c3ccc(S(C)=O)cc3)ccc2c1F)C(=O)NC1(C#N)CC1. The van der Waals surface area contributed by atoms with Gasteiger partial charge in [0.15, 0.2) is 5.82 Å². The number of rotatable bonds is 8. The highest BCUT2D eigenvalue weighted by atomic mass is 32.2. The minimum absolute atomic E-state index is 0.0721. The van der Waals surface area contributed by atoms with Crippen molar-refractivity contribution in [1.82, 2.24) is 10.6 Å². The summed E-state index contributed by atoms with van der Waals surface area (Å²) in [4.78, 5) is 26.4. The summed E-state index contributed by atoms with van der Waals surface area (Å²) in [5.41, 5.74) is 0.890. The number of furan rings is 1. The van der Waals surface area contributed by atoms with Crippen molar-refractivity contribution in [3.8, 4) is 17.2 Å². The van der Waals surface area contributed by atoms with Crippen LogP contribution in [-0.4, -0.2) is 33.9 Å². The Balaban J connectivity index is 1.57. The Labute approximate surface area is 205 Å². The minimum atomic E-state index is -1.09. The van der Waals surface area contributed by atoms with Gasteiger partial charge in [-0.15, -0.1) is 0 Å². The number of carbonyl (C=O) groups is 2. The largest absolute Gasteiger partial charge is 0.448 e. The number of halogens is 1. The van der Waals surface area contributed by atoms with Gasteiger partial charge in [-0.05, 0) is 60.6 Å². The molecule has 0 saturated heterocycles. The molecule has 0 radical (unpaired) electrons. The molecule has 0 aliphatic heterocycles. The van der Waals surface area contributed by atoms with Crippen molar-refractivity contribution in [2.45, 2.75) is 49.6 Å². The van der Waals surface area contributed by atoms with Gasteiger partial charge < -0.3 is 15.1 Å². The predicted octanol–water partition coefficient (Wildman–Crippen LogP) is 4.29. The number of hydrogen-bond acceptors (Lipinski definition) is 5. The van der Waals surface area contributed by atoms with Crippen molar-refractivity contribution in [2.75, 3.05) is 6.26 Å². The summed E-state index contributed by atoms with van der Waals surface area (Å²) in [6.07, 6.45) is 3.06. The molecule has 7 nitrogen and oxygen atoms in total. The third-order valence-electron chi connectivity index (χ3n) is 6.01. The fourth-order valence-electron chi connectivity index (χ4n) is 3.87. The number of nitriles is 1. The summed E-state index contributed by atoms with van der Waals surface area (Å²) in [7, 11) is -1.09. The fraction of sp³-hybridized carbons (Fsp3) is 0.346. The average molecular weight is 496 g/mol. The summed E-state index contributed by atoms with van der Waals surface area (Å²) in [5, 5.41) is 14.7. The number of amides is 2. The van der Waals surface area contributed by atoms with E-state index in [-0.39, 0.29) is 16.9 Å². The van der Waals surface area contributed by atoms with Crippen LogP contribution in [-0.2, 0) is 15.6 Å². The van der Waals surface area contributed by atoms with Crippen LogP contribution in [0.3, 0.4) is 0 Å². The number of nitrogens with zero attached hydrogens (tertiary/aromatic N) is 1. The Morgan fingerprint density at radius 3 is 2.40 bits per heavy atom. The van der Waals surface area contributed by atoms with Crippen LogP contribution in [0.5, 0.6) is 0 Å². The Morgan fingerprint density at radius 2 is 1.83 bits per heavy atom. The van der Waals surface area contributed by atoms with Crippen molar-refractivity contribution >= 4 is 33.6 Å².